The molecular weight excluding hydrogens is 336 g/mol. The molecule has 1 fully saturated rings. The Labute approximate surface area is 158 Å². The summed E-state index contributed by atoms with van der Waals surface area (Å²) in [6.07, 6.45) is 6.99. The first-order valence-corrected chi connectivity index (χ1v) is 9.31. The molecule has 1 aromatic carbocycles. The maximum Gasteiger partial charge on any atom is 0.155 e. The van der Waals surface area contributed by atoms with Crippen LogP contribution in [0.3, 0.4) is 0 Å². The van der Waals surface area contributed by atoms with E-state index >= 15 is 0 Å². The first-order valence-electron chi connectivity index (χ1n) is 9.31. The molecule has 1 saturated heterocycles. The number of fused-ring (bicyclic) bond motifs is 1. The van der Waals surface area contributed by atoms with Gasteiger partial charge < -0.3 is 4.90 Å². The maximum atomic E-state index is 4.92. The van der Waals surface area contributed by atoms with E-state index in [2.05, 4.69) is 50.6 Å². The summed E-state index contributed by atoms with van der Waals surface area (Å²) in [5, 5.41) is 4.55. The van der Waals surface area contributed by atoms with Crippen LogP contribution >= 0.6 is 0 Å². The molecule has 27 heavy (non-hydrogen) atoms. The standard InChI is InChI=1S/C21H22N6/c1-14-5-7-16(8-6-14)19-17(13-23-25(19)3)18-20-21(26-10-4-11-26)22-9-12-27(20)15(2)24-18/h5-9,12-13H,4,10-11H2,1-3H3. The summed E-state index contributed by atoms with van der Waals surface area (Å²) in [6, 6.07) is 8.57. The minimum absolute atomic E-state index is 0.950. The summed E-state index contributed by atoms with van der Waals surface area (Å²) in [5.74, 6) is 1.97. The van der Waals surface area contributed by atoms with Crippen molar-refractivity contribution in [1.29, 1.82) is 0 Å². The molecule has 1 aliphatic rings. The van der Waals surface area contributed by atoms with E-state index in [0.29, 0.717) is 0 Å². The number of nitrogens with zero attached hydrogens (tertiary/aromatic N) is 6. The van der Waals surface area contributed by atoms with E-state index in [1.165, 1.54) is 12.0 Å². The second-order valence-corrected chi connectivity index (χ2v) is 7.21. The van der Waals surface area contributed by atoms with Gasteiger partial charge in [-0.25, -0.2) is 9.97 Å². The van der Waals surface area contributed by atoms with Gasteiger partial charge in [-0.2, -0.15) is 5.10 Å². The smallest absolute Gasteiger partial charge is 0.155 e. The van der Waals surface area contributed by atoms with Crippen molar-refractivity contribution in [1.82, 2.24) is 24.1 Å². The summed E-state index contributed by atoms with van der Waals surface area (Å²) in [6.45, 7) is 6.24. The predicted octanol–water partition coefficient (Wildman–Crippen LogP) is 3.62. The van der Waals surface area contributed by atoms with Crippen molar-refractivity contribution in [3.63, 3.8) is 0 Å². The first kappa shape index (κ1) is 16.1. The second-order valence-electron chi connectivity index (χ2n) is 7.21. The van der Waals surface area contributed by atoms with Crippen molar-refractivity contribution in [2.75, 3.05) is 18.0 Å². The van der Waals surface area contributed by atoms with Gasteiger partial charge in [0, 0.05) is 43.7 Å². The van der Waals surface area contributed by atoms with Gasteiger partial charge in [-0.05, 0) is 20.3 Å². The minimum atomic E-state index is 0.950. The maximum absolute atomic E-state index is 4.92. The third kappa shape index (κ3) is 2.44. The molecule has 0 unspecified atom stereocenters. The largest absolute Gasteiger partial charge is 0.355 e. The van der Waals surface area contributed by atoms with Crippen LogP contribution in [0.15, 0.2) is 42.9 Å². The molecule has 3 aromatic heterocycles. The zero-order valence-electron chi connectivity index (χ0n) is 15.8. The van der Waals surface area contributed by atoms with Gasteiger partial charge >= 0.3 is 0 Å². The van der Waals surface area contributed by atoms with Crippen LogP contribution in [-0.2, 0) is 7.05 Å². The Morgan fingerprint density at radius 2 is 1.81 bits per heavy atom. The number of rotatable bonds is 3. The van der Waals surface area contributed by atoms with Gasteiger partial charge in [0.1, 0.15) is 17.0 Å². The average Bonchev–Trinajstić information content (AvgIpc) is 3.16. The van der Waals surface area contributed by atoms with E-state index in [0.717, 1.165) is 52.8 Å². The summed E-state index contributed by atoms with van der Waals surface area (Å²) in [7, 11) is 1.98. The van der Waals surface area contributed by atoms with Crippen LogP contribution in [0, 0.1) is 13.8 Å². The fourth-order valence-electron chi connectivity index (χ4n) is 3.78. The first-order chi connectivity index (χ1) is 13.1. The monoisotopic (exact) mass is 358 g/mol. The van der Waals surface area contributed by atoms with Gasteiger partial charge in [0.05, 0.1) is 11.9 Å². The third-order valence-electron chi connectivity index (χ3n) is 5.39. The lowest BCUT2D eigenvalue weighted by Crippen LogP contribution is -2.37. The SMILES string of the molecule is Cc1ccc(-c2c(-c3nc(C)n4ccnc(N5CCC5)c34)cnn2C)cc1. The molecule has 0 spiro atoms. The fraction of sp³-hybridized carbons (Fsp3) is 0.286. The Morgan fingerprint density at radius 1 is 1.04 bits per heavy atom. The molecule has 0 aliphatic carbocycles. The molecule has 0 atom stereocenters. The van der Waals surface area contributed by atoms with Crippen LogP contribution < -0.4 is 4.90 Å². The van der Waals surface area contributed by atoms with Crippen molar-refractivity contribution >= 4 is 11.3 Å². The molecule has 5 rings (SSSR count). The van der Waals surface area contributed by atoms with Crippen LogP contribution in [0.5, 0.6) is 0 Å². The molecule has 0 amide bonds. The highest BCUT2D eigenvalue weighted by Gasteiger charge is 2.25. The number of aryl methyl sites for hydroxylation is 3. The van der Waals surface area contributed by atoms with E-state index in [1.54, 1.807) is 0 Å². The number of hydrogen-bond donors (Lipinski definition) is 0. The topological polar surface area (TPSA) is 51.2 Å². The van der Waals surface area contributed by atoms with Gasteiger partial charge in [0.25, 0.3) is 0 Å². The average molecular weight is 358 g/mol. The summed E-state index contributed by atoms with van der Waals surface area (Å²) < 4.78 is 4.07. The van der Waals surface area contributed by atoms with E-state index in [-0.39, 0.29) is 0 Å². The molecule has 0 bridgehead atoms. The van der Waals surface area contributed by atoms with Gasteiger partial charge in [-0.15, -0.1) is 0 Å². The molecule has 6 heteroatoms. The van der Waals surface area contributed by atoms with Crippen LogP contribution in [0.2, 0.25) is 0 Å². The van der Waals surface area contributed by atoms with Crippen LogP contribution in [0.4, 0.5) is 5.82 Å². The lowest BCUT2D eigenvalue weighted by Gasteiger charge is -2.32. The van der Waals surface area contributed by atoms with E-state index in [9.17, 15) is 0 Å². The Bertz CT molecular complexity index is 1130. The van der Waals surface area contributed by atoms with Gasteiger partial charge in [-0.3, -0.25) is 9.08 Å². The molecule has 6 nitrogen and oxygen atoms in total. The lowest BCUT2D eigenvalue weighted by molar-refractivity contribution is 0.610. The molecule has 4 heterocycles. The highest BCUT2D eigenvalue weighted by Crippen LogP contribution is 2.37. The molecule has 136 valence electrons. The van der Waals surface area contributed by atoms with Crippen LogP contribution in [-0.4, -0.2) is 37.2 Å². The highest BCUT2D eigenvalue weighted by molar-refractivity contribution is 5.92. The highest BCUT2D eigenvalue weighted by atomic mass is 15.3. The van der Waals surface area contributed by atoms with Crippen LogP contribution in [0.25, 0.3) is 28.0 Å². The normalized spacial score (nSPS) is 14.0. The Balaban J connectivity index is 1.77. The van der Waals surface area contributed by atoms with Gasteiger partial charge in [0.15, 0.2) is 5.82 Å². The fourth-order valence-corrected chi connectivity index (χ4v) is 3.78. The quantitative estimate of drug-likeness (QED) is 0.561. The Kier molecular flexibility index (Phi) is 3.53. The number of aromatic nitrogens is 5. The Morgan fingerprint density at radius 3 is 2.52 bits per heavy atom. The van der Waals surface area contributed by atoms with E-state index in [1.807, 2.05) is 37.2 Å². The summed E-state index contributed by atoms with van der Waals surface area (Å²) >= 11 is 0. The predicted molar refractivity (Wildman–Crippen MR) is 107 cm³/mol. The van der Waals surface area contributed by atoms with Crippen molar-refractivity contribution in [3.05, 3.63) is 54.2 Å². The van der Waals surface area contributed by atoms with Crippen molar-refractivity contribution < 1.29 is 0 Å². The Hall–Kier alpha value is -3.15. The molecule has 0 radical (unpaired) electrons. The van der Waals surface area contributed by atoms with Crippen molar-refractivity contribution in [2.45, 2.75) is 20.3 Å². The van der Waals surface area contributed by atoms with Crippen molar-refractivity contribution in [3.8, 4) is 22.5 Å². The summed E-state index contributed by atoms with van der Waals surface area (Å²) in [5.41, 5.74) is 6.52. The lowest BCUT2D eigenvalue weighted by atomic mass is 10.0. The third-order valence-corrected chi connectivity index (χ3v) is 5.39. The van der Waals surface area contributed by atoms with E-state index in [4.69, 9.17) is 4.98 Å². The van der Waals surface area contributed by atoms with Gasteiger partial charge in [-0.1, -0.05) is 29.8 Å². The molecule has 1 aliphatic heterocycles. The zero-order valence-corrected chi connectivity index (χ0v) is 15.8. The van der Waals surface area contributed by atoms with E-state index < -0.39 is 0 Å². The number of imidazole rings is 1. The number of benzene rings is 1. The molecule has 4 aromatic rings. The molecule has 0 saturated carbocycles. The second kappa shape index (κ2) is 5.94. The summed E-state index contributed by atoms with van der Waals surface area (Å²) in [4.78, 5) is 11.9. The minimum Gasteiger partial charge on any atom is -0.355 e. The van der Waals surface area contributed by atoms with Crippen LogP contribution in [0.1, 0.15) is 17.8 Å². The van der Waals surface area contributed by atoms with Gasteiger partial charge in [0.2, 0.25) is 0 Å². The molecular formula is C21H22N6. The molecule has 0 N–H and O–H groups in total. The number of hydrogen-bond acceptors (Lipinski definition) is 4. The van der Waals surface area contributed by atoms with Crippen molar-refractivity contribution in [2.24, 2.45) is 7.05 Å². The zero-order chi connectivity index (χ0) is 18.5. The number of anilines is 1.